The molecule has 1 saturated heterocycles. The summed E-state index contributed by atoms with van der Waals surface area (Å²) in [7, 11) is 0. The highest BCUT2D eigenvalue weighted by atomic mass is 32.1. The molecule has 2 amide bonds. The van der Waals surface area contributed by atoms with Crippen molar-refractivity contribution in [3.05, 3.63) is 56.9 Å². The summed E-state index contributed by atoms with van der Waals surface area (Å²) in [4.78, 5) is 41.9. The second-order valence-corrected chi connectivity index (χ2v) is 5.34. The van der Waals surface area contributed by atoms with Gasteiger partial charge in [-0.3, -0.25) is 30.0 Å². The summed E-state index contributed by atoms with van der Waals surface area (Å²) >= 11 is 9.21. The number of aromatic amines is 3. The van der Waals surface area contributed by atoms with E-state index in [0.29, 0.717) is 0 Å². The Labute approximate surface area is 150 Å². The van der Waals surface area contributed by atoms with Crippen molar-refractivity contribution in [2.75, 3.05) is 0 Å². The fraction of sp³-hybridized carbons (Fsp3) is 0. The number of H-pyrrole nitrogens is 3. The van der Waals surface area contributed by atoms with Gasteiger partial charge in [-0.05, 0) is 36.4 Å². The normalized spacial score (nSPS) is 13.3. The van der Waals surface area contributed by atoms with Crippen molar-refractivity contribution in [1.29, 1.82) is 0 Å². The fourth-order valence-electron chi connectivity index (χ4n) is 1.70. The zero-order chi connectivity index (χ0) is 18.4. The minimum Gasteiger partial charge on any atom is -0.860 e. The standard InChI is InChI=1S/C9H6N4O4S2.C5H5N/c14-4-2(5(15)11-8(18)10-4)1-3-6(16)12-9(19)13-7(3)17;1-2-4-6-5-3-1/h1H,(H2,10,11,14,15,18)(H3,12,13,16,17,19);1-5H. The third-order valence-electron chi connectivity index (χ3n) is 2.78. The van der Waals surface area contributed by atoms with Gasteiger partial charge in [-0.2, -0.15) is 0 Å². The van der Waals surface area contributed by atoms with E-state index >= 15 is 0 Å². The topological polar surface area (TPSA) is 144 Å². The minimum atomic E-state index is -0.796. The first-order valence-corrected chi connectivity index (χ1v) is 7.53. The molecule has 1 aliphatic rings. The van der Waals surface area contributed by atoms with Crippen molar-refractivity contribution in [1.82, 2.24) is 20.6 Å². The van der Waals surface area contributed by atoms with Crippen LogP contribution in [0.3, 0.4) is 0 Å². The summed E-state index contributed by atoms with van der Waals surface area (Å²) < 4.78 is -0.143. The Morgan fingerprint density at radius 1 is 0.960 bits per heavy atom. The molecule has 0 aliphatic carbocycles. The highest BCUT2D eigenvalue weighted by Gasteiger charge is 2.26. The summed E-state index contributed by atoms with van der Waals surface area (Å²) in [5.41, 5.74) is -1.60. The summed E-state index contributed by atoms with van der Waals surface area (Å²) in [5.74, 6) is -2.39. The van der Waals surface area contributed by atoms with E-state index in [-0.39, 0.29) is 9.88 Å². The molecule has 5 N–H and O–H groups in total. The van der Waals surface area contributed by atoms with Crippen LogP contribution in [0.15, 0.2) is 41.0 Å². The van der Waals surface area contributed by atoms with Crippen molar-refractivity contribution in [2.45, 2.75) is 0 Å². The third kappa shape index (κ3) is 4.89. The van der Waals surface area contributed by atoms with Gasteiger partial charge < -0.3 is 10.1 Å². The summed E-state index contributed by atoms with van der Waals surface area (Å²) in [6.07, 6.45) is 4.62. The van der Waals surface area contributed by atoms with Crippen molar-refractivity contribution in [3.63, 3.8) is 0 Å². The van der Waals surface area contributed by atoms with E-state index in [0.717, 1.165) is 6.08 Å². The first-order valence-electron chi connectivity index (χ1n) is 6.71. The molecule has 11 heteroatoms. The first-order chi connectivity index (χ1) is 11.9. The van der Waals surface area contributed by atoms with Gasteiger partial charge in [0.15, 0.2) is 22.3 Å². The quantitative estimate of drug-likeness (QED) is 0.283. The zero-order valence-electron chi connectivity index (χ0n) is 12.4. The van der Waals surface area contributed by atoms with Gasteiger partial charge in [0, 0.05) is 17.7 Å². The molecular weight excluding hydrogens is 366 g/mol. The van der Waals surface area contributed by atoms with Crippen LogP contribution in [0.5, 0.6) is 5.88 Å². The van der Waals surface area contributed by atoms with Crippen molar-refractivity contribution >= 4 is 47.4 Å². The molecule has 0 saturated carbocycles. The molecule has 25 heavy (non-hydrogen) atoms. The summed E-state index contributed by atoms with van der Waals surface area (Å²) in [6.45, 7) is 0. The highest BCUT2D eigenvalue weighted by molar-refractivity contribution is 7.80. The predicted octanol–water partition coefficient (Wildman–Crippen LogP) is -1.08. The number of pyridine rings is 1. The number of thiocarbonyl (C=S) groups is 1. The maximum Gasteiger partial charge on any atom is 0.263 e. The van der Waals surface area contributed by atoms with Gasteiger partial charge in [-0.25, -0.2) is 4.98 Å². The average Bonchev–Trinajstić information content (AvgIpc) is 2.54. The summed E-state index contributed by atoms with van der Waals surface area (Å²) in [6, 6.07) is 5.86. The van der Waals surface area contributed by atoms with Crippen molar-refractivity contribution < 1.29 is 19.7 Å². The molecule has 128 valence electrons. The molecule has 2 aromatic rings. The summed E-state index contributed by atoms with van der Waals surface area (Å²) in [5, 5.41) is 15.7. The molecule has 0 unspecified atom stereocenters. The lowest BCUT2D eigenvalue weighted by Crippen LogP contribution is -2.51. The number of hydrogen-bond acceptors (Lipinski definition) is 6. The number of hydrogen-bond donors (Lipinski definition) is 4. The Kier molecular flexibility index (Phi) is 5.87. The van der Waals surface area contributed by atoms with Gasteiger partial charge in [0.1, 0.15) is 5.57 Å². The Morgan fingerprint density at radius 3 is 2.00 bits per heavy atom. The second-order valence-electron chi connectivity index (χ2n) is 4.52. The number of amides is 2. The van der Waals surface area contributed by atoms with Crippen LogP contribution in [0.1, 0.15) is 5.56 Å². The number of carbonyl (C=O) groups is 2. The number of nitrogens with one attached hydrogen (secondary N) is 5. The predicted molar refractivity (Wildman–Crippen MR) is 91.6 cm³/mol. The largest absolute Gasteiger partial charge is 0.860 e. The zero-order valence-corrected chi connectivity index (χ0v) is 14.0. The maximum atomic E-state index is 11.5. The molecule has 2 aromatic heterocycles. The number of carbonyl (C=O) groups excluding carboxylic acids is 2. The average molecular weight is 377 g/mol. The van der Waals surface area contributed by atoms with E-state index in [1.807, 2.05) is 30.6 Å². The molecule has 9 nitrogen and oxygen atoms in total. The van der Waals surface area contributed by atoms with Crippen molar-refractivity contribution in [3.8, 4) is 5.88 Å². The van der Waals surface area contributed by atoms with Crippen LogP contribution in [0, 0.1) is 4.77 Å². The molecule has 1 fully saturated rings. The van der Waals surface area contributed by atoms with E-state index in [1.165, 1.54) is 0 Å². The van der Waals surface area contributed by atoms with E-state index in [1.54, 1.807) is 0 Å². The Morgan fingerprint density at radius 2 is 1.56 bits per heavy atom. The van der Waals surface area contributed by atoms with Crippen LogP contribution in [-0.2, 0) is 9.59 Å². The van der Waals surface area contributed by atoms with E-state index in [2.05, 4.69) is 50.0 Å². The van der Waals surface area contributed by atoms with Crippen LogP contribution in [0.25, 0.3) is 6.08 Å². The number of aromatic nitrogens is 3. The number of rotatable bonds is 1. The Hall–Kier alpha value is -3.18. The molecule has 0 aromatic carbocycles. The Balaban J connectivity index is 0.000000316. The van der Waals surface area contributed by atoms with Gasteiger partial charge in [0.25, 0.3) is 17.4 Å². The van der Waals surface area contributed by atoms with E-state index in [9.17, 15) is 19.5 Å². The van der Waals surface area contributed by atoms with Gasteiger partial charge in [-0.15, -0.1) is 0 Å². The monoisotopic (exact) mass is 377 g/mol. The fourth-order valence-corrected chi connectivity index (χ4v) is 2.07. The molecule has 0 atom stereocenters. The lowest BCUT2D eigenvalue weighted by Gasteiger charge is -2.17. The van der Waals surface area contributed by atoms with Gasteiger partial charge in [-0.1, -0.05) is 6.07 Å². The molecular formula is C14H11N5O4S2. The molecule has 0 bridgehead atoms. The van der Waals surface area contributed by atoms with Crippen LogP contribution >= 0.6 is 24.4 Å². The molecule has 0 spiro atoms. The Bertz CT molecular complexity index is 916. The molecule has 3 heterocycles. The molecule has 3 rings (SSSR count). The lowest BCUT2D eigenvalue weighted by atomic mass is 10.1. The first kappa shape index (κ1) is 18.2. The second kappa shape index (κ2) is 8.08. The molecule has 0 radical (unpaired) electrons. The smallest absolute Gasteiger partial charge is 0.263 e. The van der Waals surface area contributed by atoms with Gasteiger partial charge in [0.2, 0.25) is 0 Å². The van der Waals surface area contributed by atoms with Crippen LogP contribution in [0.4, 0.5) is 0 Å². The van der Waals surface area contributed by atoms with E-state index in [4.69, 9.17) is 0 Å². The van der Waals surface area contributed by atoms with Gasteiger partial charge >= 0.3 is 0 Å². The highest BCUT2D eigenvalue weighted by Crippen LogP contribution is 2.11. The van der Waals surface area contributed by atoms with Crippen molar-refractivity contribution in [2.24, 2.45) is 0 Å². The lowest BCUT2D eigenvalue weighted by molar-refractivity contribution is -0.377. The third-order valence-corrected chi connectivity index (χ3v) is 3.19. The molecule has 1 aliphatic heterocycles. The van der Waals surface area contributed by atoms with Crippen LogP contribution in [-0.4, -0.2) is 26.9 Å². The van der Waals surface area contributed by atoms with Gasteiger partial charge in [0.05, 0.1) is 0 Å². The SMILES string of the molecule is O=C1NC(=S)NC(=O)C1=Cc1c([O-])[nH]c(=S)[nH]c1=O.c1cc[nH+]cc1. The van der Waals surface area contributed by atoms with Crippen LogP contribution < -0.4 is 26.3 Å². The minimum absolute atomic E-state index is 0.143. The maximum absolute atomic E-state index is 11.5. The van der Waals surface area contributed by atoms with E-state index < -0.39 is 34.4 Å². The van der Waals surface area contributed by atoms with Crippen LogP contribution in [0.2, 0.25) is 0 Å².